The average Bonchev–Trinajstić information content (AvgIpc) is 2.75. The molecule has 2 aliphatic rings. The summed E-state index contributed by atoms with van der Waals surface area (Å²) in [6.45, 7) is 5.95. The van der Waals surface area contributed by atoms with E-state index < -0.39 is 8.60 Å². The summed E-state index contributed by atoms with van der Waals surface area (Å²) in [5.41, 5.74) is 0. The Labute approximate surface area is 109 Å². The van der Waals surface area contributed by atoms with Gasteiger partial charge in [0.15, 0.2) is 0 Å². The van der Waals surface area contributed by atoms with Gasteiger partial charge in [0.05, 0.1) is 12.7 Å². The predicted molar refractivity (Wildman–Crippen MR) is 68.7 cm³/mol. The van der Waals surface area contributed by atoms with Crippen molar-refractivity contribution in [3.8, 4) is 0 Å². The molecule has 102 valence electrons. The largest absolute Gasteiger partial charge is 0.431 e. The van der Waals surface area contributed by atoms with Gasteiger partial charge in [-0.3, -0.25) is 13.8 Å². The van der Waals surface area contributed by atoms with E-state index in [-0.39, 0.29) is 12.0 Å². The molecule has 0 aromatic carbocycles. The van der Waals surface area contributed by atoms with Crippen LogP contribution in [0, 0.1) is 0 Å². The molecule has 0 saturated carbocycles. The van der Waals surface area contributed by atoms with Crippen molar-refractivity contribution in [2.24, 2.45) is 0 Å². The lowest BCUT2D eigenvalue weighted by atomic mass is 10.1. The van der Waals surface area contributed by atoms with Gasteiger partial charge in [-0.05, 0) is 33.1 Å². The number of piperidine rings is 1. The first-order chi connectivity index (χ1) is 8.65. The molecule has 0 spiro atoms. The number of carbonyl (C=O) groups is 1. The molecule has 2 rings (SSSR count). The highest BCUT2D eigenvalue weighted by Gasteiger charge is 2.27. The maximum absolute atomic E-state index is 11.9. The minimum atomic E-state index is -1.31. The zero-order valence-corrected chi connectivity index (χ0v) is 11.8. The highest BCUT2D eigenvalue weighted by atomic mass is 31.2. The molecule has 0 aromatic heterocycles. The van der Waals surface area contributed by atoms with Crippen LogP contribution in [0.2, 0.25) is 0 Å². The Kier molecular flexibility index (Phi) is 4.98. The third-order valence-electron chi connectivity index (χ3n) is 2.89. The Morgan fingerprint density at radius 3 is 2.72 bits per heavy atom. The molecule has 0 bridgehead atoms. The Bertz CT molecular complexity index is 328. The minimum Gasteiger partial charge on any atom is -0.431 e. The number of hydrogen-bond acceptors (Lipinski definition) is 4. The van der Waals surface area contributed by atoms with Crippen LogP contribution in [0.4, 0.5) is 0 Å². The number of allylic oxidation sites excluding steroid dienone is 1. The molecular formula is C12H20NO4P. The number of hydrogen-bond donors (Lipinski definition) is 0. The molecule has 2 unspecified atom stereocenters. The van der Waals surface area contributed by atoms with E-state index in [0.29, 0.717) is 12.4 Å². The summed E-state index contributed by atoms with van der Waals surface area (Å²) in [5, 5.41) is 0. The Morgan fingerprint density at radius 1 is 1.39 bits per heavy atom. The van der Waals surface area contributed by atoms with Crippen LogP contribution in [-0.2, 0) is 18.4 Å². The molecule has 0 radical (unpaired) electrons. The van der Waals surface area contributed by atoms with Gasteiger partial charge < -0.3 is 9.42 Å². The van der Waals surface area contributed by atoms with Gasteiger partial charge in [0.2, 0.25) is 5.91 Å². The molecule has 18 heavy (non-hydrogen) atoms. The molecule has 2 saturated heterocycles. The number of amides is 1. The van der Waals surface area contributed by atoms with Crippen LogP contribution in [-0.4, -0.2) is 36.6 Å². The monoisotopic (exact) mass is 273 g/mol. The van der Waals surface area contributed by atoms with E-state index >= 15 is 0 Å². The number of carbonyl (C=O) groups excluding carboxylic acids is 1. The lowest BCUT2D eigenvalue weighted by Crippen LogP contribution is -2.34. The van der Waals surface area contributed by atoms with Gasteiger partial charge >= 0.3 is 8.60 Å². The first-order valence-corrected chi connectivity index (χ1v) is 7.49. The molecule has 5 nitrogen and oxygen atoms in total. The lowest BCUT2D eigenvalue weighted by Gasteiger charge is -2.25. The van der Waals surface area contributed by atoms with Gasteiger partial charge in [-0.2, -0.15) is 0 Å². The topological polar surface area (TPSA) is 48.0 Å². The van der Waals surface area contributed by atoms with Gasteiger partial charge in [0, 0.05) is 19.2 Å². The SMILES string of the molecule is C/C(=C\C(=O)N1CCCCC1)OP1OCC(C)O1. The third kappa shape index (κ3) is 3.94. The smallest absolute Gasteiger partial charge is 0.397 e. The van der Waals surface area contributed by atoms with Gasteiger partial charge in [-0.25, -0.2) is 0 Å². The summed E-state index contributed by atoms with van der Waals surface area (Å²) in [6.07, 6.45) is 5.00. The van der Waals surface area contributed by atoms with Crippen LogP contribution < -0.4 is 0 Å². The predicted octanol–water partition coefficient (Wildman–Crippen LogP) is 2.58. The first-order valence-electron chi connectivity index (χ1n) is 6.40. The maximum Gasteiger partial charge on any atom is 0.397 e. The van der Waals surface area contributed by atoms with Crippen LogP contribution in [0.5, 0.6) is 0 Å². The van der Waals surface area contributed by atoms with E-state index in [1.54, 1.807) is 6.92 Å². The highest BCUT2D eigenvalue weighted by Crippen LogP contribution is 2.47. The fourth-order valence-corrected chi connectivity index (χ4v) is 3.08. The average molecular weight is 273 g/mol. The molecule has 0 N–H and O–H groups in total. The molecular weight excluding hydrogens is 253 g/mol. The van der Waals surface area contributed by atoms with E-state index in [9.17, 15) is 4.79 Å². The van der Waals surface area contributed by atoms with Gasteiger partial charge in [0.1, 0.15) is 5.76 Å². The van der Waals surface area contributed by atoms with Gasteiger partial charge in [-0.15, -0.1) is 0 Å². The van der Waals surface area contributed by atoms with Gasteiger partial charge in [-0.1, -0.05) is 0 Å². The second kappa shape index (κ2) is 6.50. The lowest BCUT2D eigenvalue weighted by molar-refractivity contribution is -0.127. The van der Waals surface area contributed by atoms with E-state index in [2.05, 4.69) is 0 Å². The van der Waals surface area contributed by atoms with Crippen molar-refractivity contribution >= 4 is 14.5 Å². The Morgan fingerprint density at radius 2 is 2.11 bits per heavy atom. The van der Waals surface area contributed by atoms with Crippen LogP contribution in [0.1, 0.15) is 33.1 Å². The molecule has 0 aromatic rings. The second-order valence-corrected chi connectivity index (χ2v) is 5.77. The van der Waals surface area contributed by atoms with Crippen molar-refractivity contribution < 1.29 is 18.4 Å². The van der Waals surface area contributed by atoms with Crippen LogP contribution >= 0.6 is 8.60 Å². The highest BCUT2D eigenvalue weighted by molar-refractivity contribution is 7.42. The second-order valence-electron chi connectivity index (χ2n) is 4.67. The van der Waals surface area contributed by atoms with E-state index in [0.717, 1.165) is 25.9 Å². The number of likely N-dealkylation sites (tertiary alicyclic amines) is 1. The van der Waals surface area contributed by atoms with Crippen molar-refractivity contribution in [3.63, 3.8) is 0 Å². The normalized spacial score (nSPS) is 29.4. The van der Waals surface area contributed by atoms with Crippen molar-refractivity contribution in [1.82, 2.24) is 4.90 Å². The van der Waals surface area contributed by atoms with E-state index in [4.69, 9.17) is 13.6 Å². The molecule has 1 amide bonds. The fourth-order valence-electron chi connectivity index (χ4n) is 1.94. The molecule has 2 atom stereocenters. The molecule has 2 fully saturated rings. The zero-order chi connectivity index (χ0) is 13.0. The summed E-state index contributed by atoms with van der Waals surface area (Å²) < 4.78 is 16.2. The zero-order valence-electron chi connectivity index (χ0n) is 10.9. The summed E-state index contributed by atoms with van der Waals surface area (Å²) in [7, 11) is -1.31. The first kappa shape index (κ1) is 13.8. The fraction of sp³-hybridized carbons (Fsp3) is 0.750. The molecule has 6 heteroatoms. The molecule has 2 heterocycles. The Balaban J connectivity index is 1.81. The molecule has 2 aliphatic heterocycles. The van der Waals surface area contributed by atoms with Crippen molar-refractivity contribution in [3.05, 3.63) is 11.8 Å². The maximum atomic E-state index is 11.9. The van der Waals surface area contributed by atoms with E-state index in [1.165, 1.54) is 12.5 Å². The number of rotatable bonds is 3. The molecule has 0 aliphatic carbocycles. The van der Waals surface area contributed by atoms with Crippen LogP contribution in [0.15, 0.2) is 11.8 Å². The van der Waals surface area contributed by atoms with Crippen molar-refractivity contribution in [2.45, 2.75) is 39.2 Å². The summed E-state index contributed by atoms with van der Waals surface area (Å²) >= 11 is 0. The van der Waals surface area contributed by atoms with Crippen LogP contribution in [0.3, 0.4) is 0 Å². The van der Waals surface area contributed by atoms with E-state index in [1.807, 2.05) is 11.8 Å². The van der Waals surface area contributed by atoms with Gasteiger partial charge in [0.25, 0.3) is 0 Å². The quantitative estimate of drug-likeness (QED) is 0.450. The summed E-state index contributed by atoms with van der Waals surface area (Å²) in [4.78, 5) is 13.8. The van der Waals surface area contributed by atoms with Crippen LogP contribution in [0.25, 0.3) is 0 Å². The van der Waals surface area contributed by atoms with Crippen molar-refractivity contribution in [2.75, 3.05) is 19.7 Å². The Hall–Kier alpha value is -0.640. The summed E-state index contributed by atoms with van der Waals surface area (Å²) in [5.74, 6) is 0.584. The standard InChI is InChI=1S/C12H20NO4P/c1-10(16-18-15-9-11(2)17-18)8-12(14)13-6-4-3-5-7-13/h8,11H,3-7,9H2,1-2H3/b10-8+. The summed E-state index contributed by atoms with van der Waals surface area (Å²) in [6, 6.07) is 0. The van der Waals surface area contributed by atoms with Crippen molar-refractivity contribution in [1.29, 1.82) is 0 Å². The minimum absolute atomic E-state index is 0.0226. The number of nitrogens with zero attached hydrogens (tertiary/aromatic N) is 1. The third-order valence-corrected chi connectivity index (χ3v) is 4.22.